The van der Waals surface area contributed by atoms with Crippen LogP contribution < -0.4 is 10.6 Å². The van der Waals surface area contributed by atoms with Crippen LogP contribution in [0.15, 0.2) is 16.8 Å². The summed E-state index contributed by atoms with van der Waals surface area (Å²) >= 11 is 1.68. The van der Waals surface area contributed by atoms with E-state index in [0.717, 1.165) is 32.1 Å². The van der Waals surface area contributed by atoms with E-state index in [1.807, 2.05) is 13.8 Å². The zero-order valence-electron chi connectivity index (χ0n) is 13.3. The maximum absolute atomic E-state index is 12.1. The lowest BCUT2D eigenvalue weighted by Gasteiger charge is -2.29. The largest absolute Gasteiger partial charge is 0.335 e. The highest BCUT2D eigenvalue weighted by molar-refractivity contribution is 7.85. The Hall–Kier alpha value is -0.880. The molecule has 1 aromatic rings. The van der Waals surface area contributed by atoms with E-state index in [1.165, 1.54) is 5.56 Å². The molecule has 0 saturated heterocycles. The highest BCUT2D eigenvalue weighted by Crippen LogP contribution is 2.23. The molecule has 0 unspecified atom stereocenters. The molecular weight excluding hydrogens is 316 g/mol. The first-order chi connectivity index (χ1) is 10.6. The maximum atomic E-state index is 12.1. The van der Waals surface area contributed by atoms with Crippen LogP contribution in [0.3, 0.4) is 0 Å². The lowest BCUT2D eigenvalue weighted by atomic mass is 9.95. The third kappa shape index (κ3) is 5.39. The van der Waals surface area contributed by atoms with Crippen LogP contribution in [0, 0.1) is 0 Å². The van der Waals surface area contributed by atoms with Gasteiger partial charge in [0.2, 0.25) is 0 Å². The normalized spacial score (nSPS) is 24.5. The number of amides is 2. The second-order valence-electron chi connectivity index (χ2n) is 6.01. The monoisotopic (exact) mass is 342 g/mol. The number of thiophene rings is 1. The molecule has 0 bridgehead atoms. The van der Waals surface area contributed by atoms with Crippen LogP contribution in [0.5, 0.6) is 0 Å². The zero-order chi connectivity index (χ0) is 15.9. The first kappa shape index (κ1) is 17.5. The summed E-state index contributed by atoms with van der Waals surface area (Å²) in [5.74, 6) is 0.710. The molecule has 0 radical (unpaired) electrons. The molecule has 2 N–H and O–H groups in total. The SMILES string of the molecule is CC[S@@](=O)[C@@H]1CCC[C@H](NC(=O)N[C@@H](C)Cc2ccsc2)C1. The van der Waals surface area contributed by atoms with Crippen molar-refractivity contribution in [1.29, 1.82) is 0 Å². The van der Waals surface area contributed by atoms with E-state index < -0.39 is 10.8 Å². The van der Waals surface area contributed by atoms with E-state index in [-0.39, 0.29) is 23.4 Å². The number of nitrogens with one attached hydrogen (secondary N) is 2. The Kier molecular flexibility index (Phi) is 6.89. The van der Waals surface area contributed by atoms with Crippen molar-refractivity contribution in [3.63, 3.8) is 0 Å². The Morgan fingerprint density at radius 2 is 2.32 bits per heavy atom. The second kappa shape index (κ2) is 8.67. The third-order valence-corrected chi connectivity index (χ3v) is 6.59. The Morgan fingerprint density at radius 3 is 3.00 bits per heavy atom. The Labute approximate surface area is 139 Å². The fraction of sp³-hybridized carbons (Fsp3) is 0.688. The first-order valence-electron chi connectivity index (χ1n) is 8.03. The van der Waals surface area contributed by atoms with Gasteiger partial charge in [-0.1, -0.05) is 13.3 Å². The lowest BCUT2D eigenvalue weighted by Crippen LogP contribution is -2.48. The van der Waals surface area contributed by atoms with Crippen LogP contribution in [-0.4, -0.2) is 33.3 Å². The average molecular weight is 343 g/mol. The van der Waals surface area contributed by atoms with Crippen molar-refractivity contribution < 1.29 is 9.00 Å². The zero-order valence-corrected chi connectivity index (χ0v) is 15.0. The summed E-state index contributed by atoms with van der Waals surface area (Å²) in [5, 5.41) is 10.5. The molecule has 22 heavy (non-hydrogen) atoms. The number of urea groups is 1. The molecule has 1 fully saturated rings. The molecule has 1 aliphatic carbocycles. The molecule has 1 aliphatic rings. The maximum Gasteiger partial charge on any atom is 0.315 e. The Morgan fingerprint density at radius 1 is 1.50 bits per heavy atom. The topological polar surface area (TPSA) is 58.2 Å². The summed E-state index contributed by atoms with van der Waals surface area (Å²) in [6, 6.07) is 2.25. The quantitative estimate of drug-likeness (QED) is 0.835. The van der Waals surface area contributed by atoms with Gasteiger partial charge in [-0.25, -0.2) is 4.79 Å². The van der Waals surface area contributed by atoms with Gasteiger partial charge in [-0.2, -0.15) is 11.3 Å². The van der Waals surface area contributed by atoms with Crippen molar-refractivity contribution in [2.45, 2.75) is 63.3 Å². The van der Waals surface area contributed by atoms with Crippen LogP contribution in [0.4, 0.5) is 4.79 Å². The van der Waals surface area contributed by atoms with Gasteiger partial charge < -0.3 is 10.6 Å². The molecule has 1 heterocycles. The number of hydrogen-bond donors (Lipinski definition) is 2. The summed E-state index contributed by atoms with van der Waals surface area (Å²) in [6.07, 6.45) is 4.75. The fourth-order valence-electron chi connectivity index (χ4n) is 3.01. The van der Waals surface area contributed by atoms with Gasteiger partial charge in [0.15, 0.2) is 0 Å². The molecule has 2 amide bonds. The van der Waals surface area contributed by atoms with Crippen molar-refractivity contribution in [2.24, 2.45) is 0 Å². The van der Waals surface area contributed by atoms with Gasteiger partial charge in [-0.3, -0.25) is 4.21 Å². The van der Waals surface area contributed by atoms with Crippen molar-refractivity contribution in [2.75, 3.05) is 5.75 Å². The van der Waals surface area contributed by atoms with Gasteiger partial charge in [0, 0.05) is 33.9 Å². The highest BCUT2D eigenvalue weighted by atomic mass is 32.2. The van der Waals surface area contributed by atoms with Gasteiger partial charge >= 0.3 is 6.03 Å². The molecule has 2 rings (SSSR count). The molecule has 0 aromatic carbocycles. The van der Waals surface area contributed by atoms with Crippen LogP contribution in [0.25, 0.3) is 0 Å². The minimum Gasteiger partial charge on any atom is -0.335 e. The third-order valence-electron chi connectivity index (χ3n) is 4.12. The predicted octanol–water partition coefficient (Wildman–Crippen LogP) is 3.06. The standard InChI is InChI=1S/C16H26N2O2S2/c1-3-22(20)15-6-4-5-14(10-15)18-16(19)17-12(2)9-13-7-8-21-11-13/h7-8,11-12,14-15H,3-6,9-10H2,1-2H3,(H2,17,18,19)/t12-,14-,15+,22+/m0/s1. The Bertz CT molecular complexity index is 490. The number of carbonyl (C=O) groups excluding carboxylic acids is 1. The van der Waals surface area contributed by atoms with E-state index in [1.54, 1.807) is 11.3 Å². The summed E-state index contributed by atoms with van der Waals surface area (Å²) in [4.78, 5) is 12.1. The lowest BCUT2D eigenvalue weighted by molar-refractivity contribution is 0.229. The van der Waals surface area contributed by atoms with Gasteiger partial charge in [-0.15, -0.1) is 0 Å². The molecule has 4 nitrogen and oxygen atoms in total. The molecule has 124 valence electrons. The van der Waals surface area contributed by atoms with Gasteiger partial charge in [0.05, 0.1) is 0 Å². The van der Waals surface area contributed by atoms with Crippen LogP contribution >= 0.6 is 11.3 Å². The van der Waals surface area contributed by atoms with Gasteiger partial charge in [0.25, 0.3) is 0 Å². The summed E-state index contributed by atoms with van der Waals surface area (Å²) in [5.41, 5.74) is 1.26. The number of carbonyl (C=O) groups is 1. The van der Waals surface area contributed by atoms with E-state index in [4.69, 9.17) is 0 Å². The van der Waals surface area contributed by atoms with E-state index in [0.29, 0.717) is 5.75 Å². The minimum atomic E-state index is -0.752. The van der Waals surface area contributed by atoms with Crippen molar-refractivity contribution >= 4 is 28.2 Å². The van der Waals surface area contributed by atoms with Crippen molar-refractivity contribution in [1.82, 2.24) is 10.6 Å². The van der Waals surface area contributed by atoms with E-state index in [2.05, 4.69) is 27.5 Å². The van der Waals surface area contributed by atoms with Crippen LogP contribution in [0.2, 0.25) is 0 Å². The second-order valence-corrected chi connectivity index (χ2v) is 8.80. The first-order valence-corrected chi connectivity index (χ1v) is 10.4. The van der Waals surface area contributed by atoms with Crippen LogP contribution in [-0.2, 0) is 17.2 Å². The van der Waals surface area contributed by atoms with Crippen LogP contribution in [0.1, 0.15) is 45.1 Å². The van der Waals surface area contributed by atoms with Gasteiger partial charge in [0.1, 0.15) is 0 Å². The number of hydrogen-bond acceptors (Lipinski definition) is 3. The van der Waals surface area contributed by atoms with Gasteiger partial charge in [-0.05, 0) is 55.0 Å². The molecule has 0 aliphatic heterocycles. The molecular formula is C16H26N2O2S2. The molecule has 6 heteroatoms. The minimum absolute atomic E-state index is 0.101. The summed E-state index contributed by atoms with van der Waals surface area (Å²) < 4.78 is 11.9. The molecule has 0 spiro atoms. The average Bonchev–Trinajstić information content (AvgIpc) is 2.99. The highest BCUT2D eigenvalue weighted by Gasteiger charge is 2.26. The fourth-order valence-corrected chi connectivity index (χ4v) is 5.04. The van der Waals surface area contributed by atoms with E-state index >= 15 is 0 Å². The molecule has 4 atom stereocenters. The number of rotatable bonds is 6. The molecule has 1 saturated carbocycles. The molecule has 1 aromatic heterocycles. The Balaban J connectivity index is 1.75. The van der Waals surface area contributed by atoms with Crippen molar-refractivity contribution in [3.05, 3.63) is 22.4 Å². The van der Waals surface area contributed by atoms with E-state index in [9.17, 15) is 9.00 Å². The smallest absolute Gasteiger partial charge is 0.315 e. The van der Waals surface area contributed by atoms with Crippen molar-refractivity contribution in [3.8, 4) is 0 Å². The summed E-state index contributed by atoms with van der Waals surface area (Å²) in [6.45, 7) is 3.99. The summed E-state index contributed by atoms with van der Waals surface area (Å²) in [7, 11) is -0.752. The predicted molar refractivity (Wildman–Crippen MR) is 93.9 cm³/mol.